The summed E-state index contributed by atoms with van der Waals surface area (Å²) in [6.45, 7) is 4.52. The van der Waals surface area contributed by atoms with E-state index in [1.165, 1.54) is 17.8 Å². The van der Waals surface area contributed by atoms with E-state index in [1.807, 2.05) is 24.5 Å². The lowest BCUT2D eigenvalue weighted by atomic mass is 10.2. The summed E-state index contributed by atoms with van der Waals surface area (Å²) in [6.07, 6.45) is 0. The van der Waals surface area contributed by atoms with Crippen molar-refractivity contribution in [3.05, 3.63) is 73.4 Å². The highest BCUT2D eigenvalue weighted by Gasteiger charge is 2.20. The summed E-state index contributed by atoms with van der Waals surface area (Å²) < 4.78 is 1.97. The van der Waals surface area contributed by atoms with Crippen molar-refractivity contribution in [1.29, 1.82) is 0 Å². The van der Waals surface area contributed by atoms with Crippen LogP contribution in [0.5, 0.6) is 0 Å². The lowest BCUT2D eigenvalue weighted by Gasteiger charge is -2.15. The van der Waals surface area contributed by atoms with Crippen molar-refractivity contribution in [3.63, 3.8) is 0 Å². The monoisotopic (exact) mass is 502 g/mol. The normalized spacial score (nSPS) is 12.1. The van der Waals surface area contributed by atoms with E-state index < -0.39 is 0 Å². The van der Waals surface area contributed by atoms with Gasteiger partial charge in [-0.1, -0.05) is 64.2 Å². The van der Waals surface area contributed by atoms with Gasteiger partial charge in [0.15, 0.2) is 11.0 Å². The van der Waals surface area contributed by atoms with E-state index in [0.717, 1.165) is 10.7 Å². The molecule has 0 spiro atoms. The number of aromatic nitrogens is 3. The number of hydrogen-bond acceptors (Lipinski definition) is 4. The Morgan fingerprint density at radius 1 is 1.07 bits per heavy atom. The first-order valence-corrected chi connectivity index (χ1v) is 11.6. The van der Waals surface area contributed by atoms with E-state index in [4.69, 9.17) is 46.4 Å². The topological polar surface area (TPSA) is 59.8 Å². The lowest BCUT2D eigenvalue weighted by Crippen LogP contribution is -2.28. The van der Waals surface area contributed by atoms with Gasteiger partial charge in [-0.05, 0) is 49.7 Å². The number of nitrogens with zero attached hydrogens (tertiary/aromatic N) is 3. The van der Waals surface area contributed by atoms with Gasteiger partial charge in [-0.25, -0.2) is 0 Å². The molecule has 2 aromatic carbocycles. The largest absolute Gasteiger partial charge is 0.342 e. The summed E-state index contributed by atoms with van der Waals surface area (Å²) in [5.41, 5.74) is 1.38. The van der Waals surface area contributed by atoms with Crippen LogP contribution in [-0.2, 0) is 12.3 Å². The van der Waals surface area contributed by atoms with Gasteiger partial charge in [0.25, 0.3) is 5.91 Å². The zero-order valence-electron chi connectivity index (χ0n) is 16.1. The third kappa shape index (κ3) is 5.42. The van der Waals surface area contributed by atoms with Crippen LogP contribution in [0.25, 0.3) is 0 Å². The Bertz CT molecular complexity index is 1070. The highest BCUT2D eigenvalue weighted by molar-refractivity contribution is 7.98. The molecule has 5 nitrogen and oxygen atoms in total. The summed E-state index contributed by atoms with van der Waals surface area (Å²) in [5.74, 6) is 1.02. The first-order chi connectivity index (χ1) is 14.3. The number of amides is 1. The van der Waals surface area contributed by atoms with Gasteiger partial charge in [0.2, 0.25) is 0 Å². The smallest absolute Gasteiger partial charge is 0.251 e. The number of carbonyl (C=O) groups is 1. The minimum atomic E-state index is -0.354. The van der Waals surface area contributed by atoms with E-state index in [0.29, 0.717) is 43.8 Å². The molecule has 1 heterocycles. The van der Waals surface area contributed by atoms with E-state index in [-0.39, 0.29) is 11.9 Å². The van der Waals surface area contributed by atoms with Crippen LogP contribution >= 0.6 is 58.2 Å². The second kappa shape index (κ2) is 10.2. The first kappa shape index (κ1) is 23.2. The zero-order valence-corrected chi connectivity index (χ0v) is 20.0. The fourth-order valence-corrected chi connectivity index (χ4v) is 4.65. The zero-order chi connectivity index (χ0) is 21.8. The Morgan fingerprint density at radius 2 is 1.83 bits per heavy atom. The molecular weight excluding hydrogens is 486 g/mol. The molecule has 3 aromatic rings. The van der Waals surface area contributed by atoms with Crippen LogP contribution in [0.2, 0.25) is 20.1 Å². The van der Waals surface area contributed by atoms with Crippen molar-refractivity contribution < 1.29 is 4.79 Å². The number of halogens is 4. The van der Waals surface area contributed by atoms with Crippen molar-refractivity contribution >= 4 is 64.1 Å². The second-order valence-electron chi connectivity index (χ2n) is 6.43. The SMILES string of the molecule is CCn1c(SCc2ccc(Cl)cc2Cl)nnc1[C@H](C)NC(=O)c1ccc(Cl)c(Cl)c1. The highest BCUT2D eigenvalue weighted by atomic mass is 35.5. The molecule has 0 saturated heterocycles. The van der Waals surface area contributed by atoms with E-state index in [2.05, 4.69) is 15.5 Å². The average Bonchev–Trinajstić information content (AvgIpc) is 3.12. The first-order valence-electron chi connectivity index (χ1n) is 9.05. The van der Waals surface area contributed by atoms with Crippen molar-refractivity contribution in [2.45, 2.75) is 37.3 Å². The predicted molar refractivity (Wildman–Crippen MR) is 124 cm³/mol. The molecule has 158 valence electrons. The summed E-state index contributed by atoms with van der Waals surface area (Å²) in [5, 5.41) is 14.2. The van der Waals surface area contributed by atoms with Gasteiger partial charge in [-0.3, -0.25) is 4.79 Å². The minimum Gasteiger partial charge on any atom is -0.342 e. The lowest BCUT2D eigenvalue weighted by molar-refractivity contribution is 0.0937. The van der Waals surface area contributed by atoms with Crippen LogP contribution in [0, 0.1) is 0 Å². The molecule has 1 N–H and O–H groups in total. The van der Waals surface area contributed by atoms with Gasteiger partial charge in [0, 0.05) is 27.9 Å². The number of thioether (sulfide) groups is 1. The number of nitrogens with one attached hydrogen (secondary N) is 1. The molecule has 0 bridgehead atoms. The van der Waals surface area contributed by atoms with Gasteiger partial charge in [0.05, 0.1) is 16.1 Å². The molecule has 0 saturated carbocycles. The summed E-state index contributed by atoms with van der Waals surface area (Å²) in [4.78, 5) is 12.6. The van der Waals surface area contributed by atoms with Gasteiger partial charge in [-0.2, -0.15) is 0 Å². The van der Waals surface area contributed by atoms with Gasteiger partial charge >= 0.3 is 0 Å². The molecule has 10 heteroatoms. The average molecular weight is 504 g/mol. The Hall–Kier alpha value is -1.44. The van der Waals surface area contributed by atoms with Crippen molar-refractivity contribution in [2.24, 2.45) is 0 Å². The molecule has 0 unspecified atom stereocenters. The molecule has 0 aliphatic carbocycles. The molecule has 1 aromatic heterocycles. The Morgan fingerprint density at radius 3 is 2.50 bits per heavy atom. The minimum absolute atomic E-state index is 0.270. The highest BCUT2D eigenvalue weighted by Crippen LogP contribution is 2.29. The van der Waals surface area contributed by atoms with Crippen LogP contribution in [0.3, 0.4) is 0 Å². The van der Waals surface area contributed by atoms with Crippen LogP contribution in [0.1, 0.15) is 41.6 Å². The molecule has 0 fully saturated rings. The standard InChI is InChI=1S/C20H18Cl4N4OS/c1-3-28-18(11(2)25-19(29)12-5-7-15(22)17(24)8-12)26-27-20(28)30-10-13-4-6-14(21)9-16(13)23/h4-9,11H,3,10H2,1-2H3,(H,25,29)/t11-/m0/s1. The van der Waals surface area contributed by atoms with Crippen LogP contribution < -0.4 is 5.32 Å². The molecule has 3 rings (SSSR count). The van der Waals surface area contributed by atoms with E-state index >= 15 is 0 Å². The van der Waals surface area contributed by atoms with E-state index in [1.54, 1.807) is 24.3 Å². The fraction of sp³-hybridized carbons (Fsp3) is 0.250. The van der Waals surface area contributed by atoms with E-state index in [9.17, 15) is 4.79 Å². The summed E-state index contributed by atoms with van der Waals surface area (Å²) >= 11 is 25.7. The molecule has 30 heavy (non-hydrogen) atoms. The summed E-state index contributed by atoms with van der Waals surface area (Å²) in [6, 6.07) is 9.81. The van der Waals surface area contributed by atoms with Crippen molar-refractivity contribution in [1.82, 2.24) is 20.1 Å². The van der Waals surface area contributed by atoms with Crippen molar-refractivity contribution in [2.75, 3.05) is 0 Å². The maximum absolute atomic E-state index is 12.6. The van der Waals surface area contributed by atoms with Gasteiger partial charge < -0.3 is 9.88 Å². The third-order valence-electron chi connectivity index (χ3n) is 4.35. The summed E-state index contributed by atoms with van der Waals surface area (Å²) in [7, 11) is 0. The Kier molecular flexibility index (Phi) is 7.93. The fourth-order valence-electron chi connectivity index (χ4n) is 2.79. The maximum atomic E-state index is 12.6. The van der Waals surface area contributed by atoms with Crippen LogP contribution in [0.15, 0.2) is 41.6 Å². The maximum Gasteiger partial charge on any atom is 0.251 e. The predicted octanol–water partition coefficient (Wildman–Crippen LogP) is 6.69. The molecular formula is C20H18Cl4N4OS. The van der Waals surface area contributed by atoms with Gasteiger partial charge in [-0.15, -0.1) is 10.2 Å². The molecule has 1 amide bonds. The number of rotatable bonds is 7. The number of carbonyl (C=O) groups excluding carboxylic acids is 1. The second-order valence-corrected chi connectivity index (χ2v) is 9.03. The third-order valence-corrected chi connectivity index (χ3v) is 6.69. The van der Waals surface area contributed by atoms with Gasteiger partial charge in [0.1, 0.15) is 0 Å². The Balaban J connectivity index is 1.72. The number of benzene rings is 2. The molecule has 0 aliphatic rings. The quantitative estimate of drug-likeness (QED) is 0.364. The molecule has 1 atom stereocenters. The van der Waals surface area contributed by atoms with Crippen molar-refractivity contribution in [3.8, 4) is 0 Å². The number of hydrogen-bond donors (Lipinski definition) is 1. The molecule has 0 radical (unpaired) electrons. The molecule has 0 aliphatic heterocycles. The van der Waals surface area contributed by atoms with Crippen LogP contribution in [0.4, 0.5) is 0 Å². The van der Waals surface area contributed by atoms with Crippen LogP contribution in [-0.4, -0.2) is 20.7 Å². The Labute approximate surface area is 199 Å².